The van der Waals surface area contributed by atoms with E-state index in [1.165, 1.54) is 18.4 Å². The summed E-state index contributed by atoms with van der Waals surface area (Å²) in [6, 6.07) is 8.07. The van der Waals surface area contributed by atoms with Gasteiger partial charge in [-0.05, 0) is 6.07 Å². The molecule has 2 aromatic heterocycles. The number of carbonyl (C=O) groups excluding carboxylic acids is 1. The number of H-pyrrole nitrogens is 1. The third kappa shape index (κ3) is 2.48. The summed E-state index contributed by atoms with van der Waals surface area (Å²) in [7, 11) is 3.19. The number of para-hydroxylation sites is 1. The van der Waals surface area contributed by atoms with E-state index in [4.69, 9.17) is 4.74 Å². The fourth-order valence-corrected chi connectivity index (χ4v) is 3.11. The quantitative estimate of drug-likeness (QED) is 0.727. The lowest BCUT2D eigenvalue weighted by molar-refractivity contribution is 0.0595. The summed E-state index contributed by atoms with van der Waals surface area (Å²) in [6.45, 7) is 0. The highest BCUT2D eigenvalue weighted by Gasteiger charge is 2.17. The molecule has 0 aliphatic rings. The second-order valence-electron chi connectivity index (χ2n) is 4.62. The van der Waals surface area contributed by atoms with Gasteiger partial charge in [0.15, 0.2) is 5.69 Å². The standard InChI is InChI=1S/C16H15N3O2S/c1-17-7-12(15-19-14(9-22-15)16(20)21-2)11-8-18-13-6-4-3-5-10(11)13/h3-9,17-18H,1-2H3. The number of aromatic amines is 1. The molecule has 1 aromatic carbocycles. The minimum Gasteiger partial charge on any atom is -0.464 e. The lowest BCUT2D eigenvalue weighted by Crippen LogP contribution is -2.02. The Morgan fingerprint density at radius 2 is 2.23 bits per heavy atom. The van der Waals surface area contributed by atoms with Crippen LogP contribution < -0.4 is 5.32 Å². The molecule has 6 heteroatoms. The predicted octanol–water partition coefficient (Wildman–Crippen LogP) is 3.02. The van der Waals surface area contributed by atoms with Crippen LogP contribution in [0.15, 0.2) is 42.0 Å². The molecule has 0 saturated carbocycles. The van der Waals surface area contributed by atoms with Crippen molar-refractivity contribution >= 4 is 33.8 Å². The number of ether oxygens (including phenoxy) is 1. The molecule has 0 aliphatic heterocycles. The number of hydrogen-bond donors (Lipinski definition) is 2. The first kappa shape index (κ1) is 14.3. The van der Waals surface area contributed by atoms with Crippen LogP contribution in [0.1, 0.15) is 21.1 Å². The van der Waals surface area contributed by atoms with Gasteiger partial charge in [-0.3, -0.25) is 0 Å². The third-order valence-electron chi connectivity index (χ3n) is 3.30. The number of esters is 1. The van der Waals surface area contributed by atoms with Crippen molar-refractivity contribution in [2.24, 2.45) is 0 Å². The van der Waals surface area contributed by atoms with Crippen molar-refractivity contribution in [3.63, 3.8) is 0 Å². The third-order valence-corrected chi connectivity index (χ3v) is 4.17. The fraction of sp³-hybridized carbons (Fsp3) is 0.125. The number of thiazole rings is 1. The highest BCUT2D eigenvalue weighted by molar-refractivity contribution is 7.11. The maximum atomic E-state index is 11.6. The molecule has 3 aromatic rings. The Morgan fingerprint density at radius 3 is 3.00 bits per heavy atom. The molecule has 0 saturated heterocycles. The van der Waals surface area contributed by atoms with E-state index >= 15 is 0 Å². The van der Waals surface area contributed by atoms with Crippen molar-refractivity contribution in [2.75, 3.05) is 14.2 Å². The Labute approximate surface area is 131 Å². The number of benzene rings is 1. The van der Waals surface area contributed by atoms with Gasteiger partial charge in [-0.25, -0.2) is 9.78 Å². The van der Waals surface area contributed by atoms with Crippen LogP contribution in [0.3, 0.4) is 0 Å². The van der Waals surface area contributed by atoms with Gasteiger partial charge in [0.05, 0.1) is 7.11 Å². The molecular weight excluding hydrogens is 298 g/mol. The summed E-state index contributed by atoms with van der Waals surface area (Å²) in [4.78, 5) is 19.2. The molecule has 2 heterocycles. The molecule has 0 atom stereocenters. The second-order valence-corrected chi connectivity index (χ2v) is 5.48. The predicted molar refractivity (Wildman–Crippen MR) is 87.9 cm³/mol. The molecule has 0 unspecified atom stereocenters. The monoisotopic (exact) mass is 313 g/mol. The van der Waals surface area contributed by atoms with Gasteiger partial charge in [0.25, 0.3) is 0 Å². The van der Waals surface area contributed by atoms with Crippen molar-refractivity contribution in [3.05, 3.63) is 58.3 Å². The van der Waals surface area contributed by atoms with Crippen molar-refractivity contribution in [1.29, 1.82) is 0 Å². The molecule has 3 rings (SSSR count). The molecule has 2 N–H and O–H groups in total. The van der Waals surface area contributed by atoms with E-state index in [1.807, 2.05) is 37.6 Å². The van der Waals surface area contributed by atoms with E-state index in [0.717, 1.165) is 27.0 Å². The lowest BCUT2D eigenvalue weighted by atomic mass is 10.1. The van der Waals surface area contributed by atoms with Gasteiger partial charge in [-0.1, -0.05) is 18.2 Å². The Hall–Kier alpha value is -2.60. The van der Waals surface area contributed by atoms with E-state index in [2.05, 4.69) is 21.4 Å². The summed E-state index contributed by atoms with van der Waals surface area (Å²) in [5, 5.41) is 6.63. The van der Waals surface area contributed by atoms with Gasteiger partial charge in [0.1, 0.15) is 5.01 Å². The molecule has 5 nitrogen and oxygen atoms in total. The normalized spacial score (nSPS) is 11.6. The lowest BCUT2D eigenvalue weighted by Gasteiger charge is -2.03. The highest BCUT2D eigenvalue weighted by atomic mass is 32.1. The molecule has 0 spiro atoms. The number of aromatic nitrogens is 2. The Balaban J connectivity index is 2.09. The molecule has 0 fully saturated rings. The number of carbonyl (C=O) groups is 1. The highest BCUT2D eigenvalue weighted by Crippen LogP contribution is 2.31. The first-order valence-electron chi connectivity index (χ1n) is 6.72. The number of methoxy groups -OCH3 is 1. The van der Waals surface area contributed by atoms with Crippen LogP contribution in [0.4, 0.5) is 0 Å². The average molecular weight is 313 g/mol. The first-order chi connectivity index (χ1) is 10.7. The van der Waals surface area contributed by atoms with E-state index in [0.29, 0.717) is 5.69 Å². The number of rotatable bonds is 4. The SMILES string of the molecule is CNC=C(c1nc(C(=O)OC)cs1)c1c[nH]c2ccccc12. The molecule has 0 aliphatic carbocycles. The molecule has 0 amide bonds. The zero-order valence-electron chi connectivity index (χ0n) is 12.2. The summed E-state index contributed by atoms with van der Waals surface area (Å²) in [6.07, 6.45) is 3.84. The average Bonchev–Trinajstić information content (AvgIpc) is 3.19. The summed E-state index contributed by atoms with van der Waals surface area (Å²) in [5.41, 5.74) is 3.35. The number of nitrogens with zero attached hydrogens (tertiary/aromatic N) is 1. The van der Waals surface area contributed by atoms with E-state index < -0.39 is 5.97 Å². The number of fused-ring (bicyclic) bond motifs is 1. The minimum atomic E-state index is -0.426. The fourth-order valence-electron chi connectivity index (χ4n) is 2.29. The van der Waals surface area contributed by atoms with Crippen molar-refractivity contribution < 1.29 is 9.53 Å². The maximum absolute atomic E-state index is 11.6. The maximum Gasteiger partial charge on any atom is 0.357 e. The van der Waals surface area contributed by atoms with Gasteiger partial charge < -0.3 is 15.0 Å². The zero-order valence-corrected chi connectivity index (χ0v) is 13.0. The second kappa shape index (κ2) is 6.03. The Bertz CT molecular complexity index is 848. The van der Waals surface area contributed by atoms with E-state index in [-0.39, 0.29) is 0 Å². The van der Waals surface area contributed by atoms with Gasteiger partial charge in [0.2, 0.25) is 0 Å². The van der Waals surface area contributed by atoms with Crippen LogP contribution in [0.2, 0.25) is 0 Å². The van der Waals surface area contributed by atoms with Crippen LogP contribution in [-0.4, -0.2) is 30.1 Å². The van der Waals surface area contributed by atoms with Gasteiger partial charge >= 0.3 is 5.97 Å². The minimum absolute atomic E-state index is 0.323. The van der Waals surface area contributed by atoms with E-state index in [1.54, 1.807) is 5.38 Å². The number of hydrogen-bond acceptors (Lipinski definition) is 5. The molecule has 0 bridgehead atoms. The van der Waals surface area contributed by atoms with Crippen molar-refractivity contribution in [2.45, 2.75) is 0 Å². The summed E-state index contributed by atoms with van der Waals surface area (Å²) in [5.74, 6) is -0.426. The first-order valence-corrected chi connectivity index (χ1v) is 7.60. The van der Waals surface area contributed by atoms with Crippen molar-refractivity contribution in [1.82, 2.24) is 15.3 Å². The van der Waals surface area contributed by atoms with Gasteiger partial charge in [-0.2, -0.15) is 0 Å². The molecular formula is C16H15N3O2S. The summed E-state index contributed by atoms with van der Waals surface area (Å²) < 4.78 is 4.71. The van der Waals surface area contributed by atoms with E-state index in [9.17, 15) is 4.79 Å². The molecule has 0 radical (unpaired) electrons. The van der Waals surface area contributed by atoms with Gasteiger partial charge in [-0.15, -0.1) is 11.3 Å². The topological polar surface area (TPSA) is 67.0 Å². The Morgan fingerprint density at radius 1 is 1.41 bits per heavy atom. The van der Waals surface area contributed by atoms with Crippen LogP contribution in [0.5, 0.6) is 0 Å². The zero-order chi connectivity index (χ0) is 15.5. The molecule has 22 heavy (non-hydrogen) atoms. The van der Waals surface area contributed by atoms with Crippen LogP contribution in [-0.2, 0) is 4.74 Å². The van der Waals surface area contributed by atoms with Crippen LogP contribution >= 0.6 is 11.3 Å². The summed E-state index contributed by atoms with van der Waals surface area (Å²) >= 11 is 1.41. The number of nitrogens with one attached hydrogen (secondary N) is 2. The largest absolute Gasteiger partial charge is 0.464 e. The van der Waals surface area contributed by atoms with Crippen LogP contribution in [0, 0.1) is 0 Å². The van der Waals surface area contributed by atoms with Crippen LogP contribution in [0.25, 0.3) is 16.5 Å². The van der Waals surface area contributed by atoms with Gasteiger partial charge in [0, 0.05) is 46.9 Å². The molecule has 112 valence electrons. The van der Waals surface area contributed by atoms with Crippen molar-refractivity contribution in [3.8, 4) is 0 Å². The smallest absolute Gasteiger partial charge is 0.357 e. The Kier molecular flexibility index (Phi) is 3.93.